The summed E-state index contributed by atoms with van der Waals surface area (Å²) in [4.78, 5) is 34.2. The van der Waals surface area contributed by atoms with Gasteiger partial charge in [-0.15, -0.1) is 0 Å². The summed E-state index contributed by atoms with van der Waals surface area (Å²) < 4.78 is 16.9. The van der Waals surface area contributed by atoms with E-state index in [1.807, 2.05) is 91.9 Å². The summed E-state index contributed by atoms with van der Waals surface area (Å²) in [5.74, 6) is 0.0230. The highest BCUT2D eigenvalue weighted by molar-refractivity contribution is 9.10. The van der Waals surface area contributed by atoms with E-state index in [1.165, 1.54) is 11.3 Å². The molecular formula is C39H32BrN3O4S. The lowest BCUT2D eigenvalue weighted by atomic mass is 9.89. The number of carbonyl (C=O) groups excluding carboxylic acids is 1. The van der Waals surface area contributed by atoms with E-state index in [9.17, 15) is 9.59 Å². The molecule has 0 bridgehead atoms. The number of fused-ring (bicyclic) bond motifs is 2. The van der Waals surface area contributed by atoms with Gasteiger partial charge in [0.05, 0.1) is 29.5 Å². The Kier molecular flexibility index (Phi) is 8.49. The van der Waals surface area contributed by atoms with Gasteiger partial charge in [-0.1, -0.05) is 87.9 Å². The molecule has 240 valence electrons. The number of hydrogen-bond donors (Lipinski definition) is 0. The number of aromatic nitrogens is 2. The third-order valence-corrected chi connectivity index (χ3v) is 10.2. The van der Waals surface area contributed by atoms with Crippen LogP contribution in [0, 0.1) is 13.8 Å². The number of aryl methyl sites for hydroxylation is 1. The van der Waals surface area contributed by atoms with Crippen LogP contribution in [0.2, 0.25) is 0 Å². The summed E-state index contributed by atoms with van der Waals surface area (Å²) in [6.45, 7) is 6.04. The molecule has 0 aliphatic carbocycles. The zero-order chi connectivity index (χ0) is 33.5. The molecule has 7 nitrogen and oxygen atoms in total. The molecule has 4 aromatic carbocycles. The van der Waals surface area contributed by atoms with Gasteiger partial charge in [0.25, 0.3) is 5.56 Å². The number of rotatable bonds is 7. The van der Waals surface area contributed by atoms with Crippen LogP contribution in [-0.4, -0.2) is 28.8 Å². The summed E-state index contributed by atoms with van der Waals surface area (Å²) in [5, 5.41) is 1.82. The monoisotopic (exact) mass is 717 g/mol. The van der Waals surface area contributed by atoms with E-state index in [0.29, 0.717) is 26.3 Å². The standard InChI is InChI=1S/C39H32BrN3O4S/c1-5-47-38(45)34-35(26-12-7-6-8-13-26)41-39-43(36(34)33-30-14-10-9-11-25(30)15-20-31(33)46-4)37(44)32(48-39)22-27-21-23(2)42(24(27)3)29-18-16-28(40)17-19-29/h6-22,36H,5H2,1-4H3/b32-22-/t36-/m1/s1. The number of ether oxygens (including phenoxy) is 2. The van der Waals surface area contributed by atoms with Crippen LogP contribution in [0.3, 0.4) is 0 Å². The van der Waals surface area contributed by atoms with Gasteiger partial charge in [0, 0.05) is 32.7 Å². The topological polar surface area (TPSA) is 74.8 Å². The fraction of sp³-hybridized carbons (Fsp3) is 0.154. The van der Waals surface area contributed by atoms with Gasteiger partial charge in [-0.25, -0.2) is 9.79 Å². The van der Waals surface area contributed by atoms with Crippen molar-refractivity contribution in [3.05, 3.63) is 155 Å². The van der Waals surface area contributed by atoms with Crippen molar-refractivity contribution in [2.75, 3.05) is 13.7 Å². The molecule has 1 atom stereocenters. The molecule has 0 fully saturated rings. The Bertz CT molecular complexity index is 2420. The lowest BCUT2D eigenvalue weighted by Crippen LogP contribution is -2.40. The predicted molar refractivity (Wildman–Crippen MR) is 195 cm³/mol. The molecule has 0 spiro atoms. The highest BCUT2D eigenvalue weighted by Gasteiger charge is 2.37. The SMILES string of the molecule is CCOC(=O)C1=C(c2ccccc2)N=c2s/c(=C\c3cc(C)n(-c4ccc(Br)cc4)c3C)c(=O)n2[C@@H]1c1c(OC)ccc2ccccc12. The van der Waals surface area contributed by atoms with Crippen molar-refractivity contribution < 1.29 is 14.3 Å². The van der Waals surface area contributed by atoms with Crippen LogP contribution in [-0.2, 0) is 9.53 Å². The van der Waals surface area contributed by atoms with Crippen molar-refractivity contribution in [1.82, 2.24) is 9.13 Å². The van der Waals surface area contributed by atoms with Gasteiger partial charge < -0.3 is 14.0 Å². The molecule has 48 heavy (non-hydrogen) atoms. The van der Waals surface area contributed by atoms with Gasteiger partial charge in [-0.3, -0.25) is 9.36 Å². The molecule has 0 radical (unpaired) electrons. The summed E-state index contributed by atoms with van der Waals surface area (Å²) in [7, 11) is 1.60. The quantitative estimate of drug-likeness (QED) is 0.163. The first-order valence-corrected chi connectivity index (χ1v) is 17.2. The Morgan fingerprint density at radius 1 is 0.979 bits per heavy atom. The van der Waals surface area contributed by atoms with Crippen LogP contribution in [0.4, 0.5) is 0 Å². The van der Waals surface area contributed by atoms with Crippen molar-refractivity contribution in [2.45, 2.75) is 26.8 Å². The third kappa shape index (κ3) is 5.42. The molecule has 6 aromatic rings. The van der Waals surface area contributed by atoms with Crippen LogP contribution >= 0.6 is 27.3 Å². The minimum Gasteiger partial charge on any atom is -0.496 e. The Morgan fingerprint density at radius 3 is 2.44 bits per heavy atom. The van der Waals surface area contributed by atoms with Gasteiger partial charge in [-0.2, -0.15) is 0 Å². The van der Waals surface area contributed by atoms with Crippen LogP contribution in [0.25, 0.3) is 28.2 Å². The first-order valence-electron chi connectivity index (χ1n) is 15.6. The number of carbonyl (C=O) groups is 1. The first kappa shape index (κ1) is 31.6. The van der Waals surface area contributed by atoms with Crippen LogP contribution in [0.5, 0.6) is 5.75 Å². The van der Waals surface area contributed by atoms with E-state index in [2.05, 4.69) is 45.6 Å². The zero-order valence-corrected chi connectivity index (χ0v) is 29.3. The lowest BCUT2D eigenvalue weighted by molar-refractivity contribution is -0.138. The van der Waals surface area contributed by atoms with E-state index in [-0.39, 0.29) is 17.7 Å². The maximum Gasteiger partial charge on any atom is 0.338 e. The van der Waals surface area contributed by atoms with Crippen molar-refractivity contribution in [3.8, 4) is 11.4 Å². The Balaban J connectivity index is 1.54. The zero-order valence-electron chi connectivity index (χ0n) is 26.9. The van der Waals surface area contributed by atoms with Crippen LogP contribution in [0.15, 0.2) is 117 Å². The first-order chi connectivity index (χ1) is 23.3. The number of hydrogen-bond acceptors (Lipinski definition) is 6. The molecule has 3 heterocycles. The predicted octanol–water partition coefficient (Wildman–Crippen LogP) is 7.27. The molecule has 0 N–H and O–H groups in total. The van der Waals surface area contributed by atoms with Crippen molar-refractivity contribution >= 4 is 55.8 Å². The Labute approximate surface area is 289 Å². The van der Waals surface area contributed by atoms with Gasteiger partial charge in [-0.05, 0) is 79.6 Å². The summed E-state index contributed by atoms with van der Waals surface area (Å²) in [6.07, 6.45) is 1.93. The van der Waals surface area contributed by atoms with Gasteiger partial charge in [0.1, 0.15) is 11.8 Å². The van der Waals surface area contributed by atoms with E-state index in [4.69, 9.17) is 14.5 Å². The van der Waals surface area contributed by atoms with Gasteiger partial charge in [0.2, 0.25) is 0 Å². The number of esters is 1. The summed E-state index contributed by atoms with van der Waals surface area (Å²) in [6, 6.07) is 30.7. The molecule has 7 rings (SSSR count). The molecular weight excluding hydrogens is 686 g/mol. The largest absolute Gasteiger partial charge is 0.496 e. The fourth-order valence-electron chi connectivity index (χ4n) is 6.51. The minimum absolute atomic E-state index is 0.169. The van der Waals surface area contributed by atoms with Crippen LogP contribution < -0.4 is 19.6 Å². The van der Waals surface area contributed by atoms with Gasteiger partial charge >= 0.3 is 5.97 Å². The minimum atomic E-state index is -0.867. The van der Waals surface area contributed by atoms with E-state index < -0.39 is 12.0 Å². The Morgan fingerprint density at radius 2 is 1.71 bits per heavy atom. The molecule has 2 aromatic heterocycles. The third-order valence-electron chi connectivity index (χ3n) is 8.64. The fourth-order valence-corrected chi connectivity index (χ4v) is 7.77. The summed E-state index contributed by atoms with van der Waals surface area (Å²) >= 11 is 4.83. The molecule has 0 unspecified atom stereocenters. The number of halogens is 1. The molecule has 9 heteroatoms. The average molecular weight is 719 g/mol. The second-order valence-corrected chi connectivity index (χ2v) is 13.4. The lowest BCUT2D eigenvalue weighted by Gasteiger charge is -2.28. The van der Waals surface area contributed by atoms with E-state index >= 15 is 0 Å². The maximum absolute atomic E-state index is 14.7. The molecule has 0 saturated heterocycles. The highest BCUT2D eigenvalue weighted by Crippen LogP contribution is 2.42. The smallest absolute Gasteiger partial charge is 0.338 e. The van der Waals surface area contributed by atoms with E-state index in [0.717, 1.165) is 43.4 Å². The van der Waals surface area contributed by atoms with Crippen molar-refractivity contribution in [1.29, 1.82) is 0 Å². The number of methoxy groups -OCH3 is 1. The summed E-state index contributed by atoms with van der Waals surface area (Å²) in [5.41, 5.74) is 5.95. The normalized spacial score (nSPS) is 14.6. The van der Waals surface area contributed by atoms with E-state index in [1.54, 1.807) is 18.6 Å². The second kappa shape index (κ2) is 12.9. The number of benzene rings is 4. The van der Waals surface area contributed by atoms with Crippen molar-refractivity contribution in [3.63, 3.8) is 0 Å². The molecule has 1 aliphatic heterocycles. The van der Waals surface area contributed by atoms with Crippen LogP contribution in [0.1, 0.15) is 41.0 Å². The highest BCUT2D eigenvalue weighted by atomic mass is 79.9. The average Bonchev–Trinajstić information content (AvgIpc) is 3.57. The van der Waals surface area contributed by atoms with Crippen molar-refractivity contribution in [2.24, 2.45) is 4.99 Å². The molecule has 0 amide bonds. The second-order valence-electron chi connectivity index (χ2n) is 11.5. The number of nitrogens with zero attached hydrogens (tertiary/aromatic N) is 3. The molecule has 0 saturated carbocycles. The van der Waals surface area contributed by atoms with Gasteiger partial charge in [0.15, 0.2) is 4.80 Å². The maximum atomic E-state index is 14.7. The number of thiazole rings is 1. The Hall–Kier alpha value is -4.99. The molecule has 1 aliphatic rings.